The van der Waals surface area contributed by atoms with Crippen LogP contribution in [0.1, 0.15) is 98.0 Å². The Morgan fingerprint density at radius 1 is 0.867 bits per heavy atom. The number of rotatable bonds is 8. The molecule has 0 amide bonds. The summed E-state index contributed by atoms with van der Waals surface area (Å²) < 4.78 is 6.79. The summed E-state index contributed by atoms with van der Waals surface area (Å²) in [6, 6.07) is 8.06. The van der Waals surface area contributed by atoms with Crippen molar-refractivity contribution in [1.82, 2.24) is 0 Å². The fraction of sp³-hybridized carbons (Fsp3) is 0.593. The number of hydrogen-bond donors (Lipinski definition) is 0. The van der Waals surface area contributed by atoms with Gasteiger partial charge in [0.25, 0.3) is 0 Å². The lowest BCUT2D eigenvalue weighted by Crippen LogP contribution is -2.30. The van der Waals surface area contributed by atoms with Crippen molar-refractivity contribution in [2.75, 3.05) is 0 Å². The second-order valence-corrected chi connectivity index (χ2v) is 13.2. The van der Waals surface area contributed by atoms with Crippen molar-refractivity contribution in [3.63, 3.8) is 0 Å². The summed E-state index contributed by atoms with van der Waals surface area (Å²) in [5, 5.41) is 1.58. The number of carbonyl (C=O) groups is 1. The molecule has 170 valence electrons. The van der Waals surface area contributed by atoms with E-state index in [0.29, 0.717) is 15.7 Å². The molecule has 0 spiro atoms. The fourth-order valence-corrected chi connectivity index (χ4v) is 8.59. The zero-order valence-corrected chi connectivity index (χ0v) is 21.7. The molecule has 0 aromatic heterocycles. The van der Waals surface area contributed by atoms with Crippen molar-refractivity contribution < 1.29 is 8.98 Å². The van der Waals surface area contributed by atoms with E-state index in [9.17, 15) is 4.79 Å². The largest absolute Gasteiger partial charge is 0.453 e. The summed E-state index contributed by atoms with van der Waals surface area (Å²) in [6.45, 7) is 21.7. The van der Waals surface area contributed by atoms with Crippen LogP contribution in [0.5, 0.6) is 0 Å². The second-order valence-electron chi connectivity index (χ2n) is 8.85. The predicted molar refractivity (Wildman–Crippen MR) is 136 cm³/mol. The van der Waals surface area contributed by atoms with Gasteiger partial charge in [0.15, 0.2) is 5.78 Å². The van der Waals surface area contributed by atoms with E-state index in [1.54, 1.807) is 0 Å². The first kappa shape index (κ1) is 26.6. The maximum atomic E-state index is 12.3. The molecule has 0 heterocycles. The molecule has 0 fully saturated rings. The summed E-state index contributed by atoms with van der Waals surface area (Å²) in [6.07, 6.45) is 6.22. The van der Waals surface area contributed by atoms with E-state index in [-0.39, 0.29) is 11.7 Å². The van der Waals surface area contributed by atoms with Gasteiger partial charge in [-0.15, -0.1) is 0 Å². The molecule has 0 N–H and O–H groups in total. The lowest BCUT2D eigenvalue weighted by atomic mass is 9.93. The first-order valence-corrected chi connectivity index (χ1v) is 13.4. The Morgan fingerprint density at radius 3 is 1.87 bits per heavy atom. The summed E-state index contributed by atoms with van der Waals surface area (Å²) >= 11 is 0. The van der Waals surface area contributed by atoms with Gasteiger partial charge >= 0.3 is 0 Å². The van der Waals surface area contributed by atoms with Crippen LogP contribution in [-0.2, 0) is 4.18 Å². The SMILES string of the molecule is CC.CC(C)C(=O)c1cccc(C2=CC=C(OS(C(C)C)(C(C)C)C(C)C)CC2)c1. The smallest absolute Gasteiger partial charge is 0.165 e. The number of benzene rings is 1. The third-order valence-corrected chi connectivity index (χ3v) is 10.5. The quantitative estimate of drug-likeness (QED) is 0.384. The van der Waals surface area contributed by atoms with Crippen molar-refractivity contribution in [3.05, 3.63) is 53.3 Å². The number of allylic oxidation sites excluding steroid dienone is 4. The van der Waals surface area contributed by atoms with Crippen LogP contribution < -0.4 is 0 Å². The van der Waals surface area contributed by atoms with Gasteiger partial charge < -0.3 is 4.18 Å². The molecule has 0 radical (unpaired) electrons. The molecule has 0 unspecified atom stereocenters. The lowest BCUT2D eigenvalue weighted by molar-refractivity contribution is 0.0939. The van der Waals surface area contributed by atoms with Crippen molar-refractivity contribution in [2.24, 2.45) is 5.92 Å². The third kappa shape index (κ3) is 6.03. The lowest BCUT2D eigenvalue weighted by Gasteiger charge is -2.51. The fourth-order valence-electron chi connectivity index (χ4n) is 4.24. The summed E-state index contributed by atoms with van der Waals surface area (Å²) in [5.74, 6) is 1.34. The van der Waals surface area contributed by atoms with E-state index in [4.69, 9.17) is 4.18 Å². The highest BCUT2D eigenvalue weighted by molar-refractivity contribution is 8.31. The molecule has 1 aliphatic rings. The highest BCUT2D eigenvalue weighted by Crippen LogP contribution is 2.63. The molecule has 30 heavy (non-hydrogen) atoms. The van der Waals surface area contributed by atoms with Crippen molar-refractivity contribution in [2.45, 2.75) is 97.8 Å². The van der Waals surface area contributed by atoms with Crippen LogP contribution in [0.2, 0.25) is 0 Å². The highest BCUT2D eigenvalue weighted by atomic mass is 32.3. The van der Waals surface area contributed by atoms with E-state index in [2.05, 4.69) is 59.8 Å². The van der Waals surface area contributed by atoms with E-state index >= 15 is 0 Å². The van der Waals surface area contributed by atoms with Crippen molar-refractivity contribution >= 4 is 21.7 Å². The Kier molecular flexibility index (Phi) is 10.4. The molecule has 0 aliphatic heterocycles. The molecule has 1 aliphatic carbocycles. The van der Waals surface area contributed by atoms with Gasteiger partial charge in [-0.05, 0) is 29.7 Å². The Balaban J connectivity index is 0.00000218. The van der Waals surface area contributed by atoms with Gasteiger partial charge in [-0.1, -0.05) is 104 Å². The number of hydrogen-bond acceptors (Lipinski definition) is 2. The van der Waals surface area contributed by atoms with Gasteiger partial charge in [-0.3, -0.25) is 4.79 Å². The van der Waals surface area contributed by atoms with E-state index in [1.165, 1.54) is 5.57 Å². The number of carbonyl (C=O) groups excluding carboxylic acids is 1. The summed E-state index contributed by atoms with van der Waals surface area (Å²) in [4.78, 5) is 12.3. The van der Waals surface area contributed by atoms with Crippen LogP contribution in [0.4, 0.5) is 0 Å². The van der Waals surface area contributed by atoms with Gasteiger partial charge in [-0.2, -0.15) is 0 Å². The number of Topliss-reactive ketones (excluding diaryl/α,β-unsaturated/α-hetero) is 1. The minimum Gasteiger partial charge on any atom is -0.453 e. The zero-order chi connectivity index (χ0) is 23.1. The minimum absolute atomic E-state index is 0.0229. The Morgan fingerprint density at radius 2 is 1.43 bits per heavy atom. The Labute approximate surface area is 187 Å². The van der Waals surface area contributed by atoms with Crippen LogP contribution in [0.3, 0.4) is 0 Å². The monoisotopic (exact) mass is 432 g/mol. The molecular formula is C27H44O2S. The Hall–Kier alpha value is -1.48. The number of ketones is 1. The molecule has 3 heteroatoms. The average molecular weight is 433 g/mol. The normalized spacial score (nSPS) is 15.0. The van der Waals surface area contributed by atoms with Gasteiger partial charge in [0.05, 0.1) is 0 Å². The maximum Gasteiger partial charge on any atom is 0.165 e. The summed E-state index contributed by atoms with van der Waals surface area (Å²) in [5.41, 5.74) is 3.24. The standard InChI is InChI=1S/C25H38O2S.C2H6/c1-17(2)25(26)23-11-9-10-22(16-23)21-12-14-24(15-13-21)27-28(18(3)4,19(5)6)20(7)8;1-2/h9-12,14,16-20H,13,15H2,1-8H3;1-2H3. The molecule has 0 saturated heterocycles. The van der Waals surface area contributed by atoms with Crippen molar-refractivity contribution in [3.8, 4) is 0 Å². The predicted octanol–water partition coefficient (Wildman–Crippen LogP) is 8.57. The van der Waals surface area contributed by atoms with E-state index in [1.807, 2.05) is 45.9 Å². The molecular weight excluding hydrogens is 388 g/mol. The molecule has 0 atom stereocenters. The maximum absolute atomic E-state index is 12.3. The third-order valence-electron chi connectivity index (χ3n) is 5.62. The molecule has 2 rings (SSSR count). The van der Waals surface area contributed by atoms with Crippen LogP contribution in [0.25, 0.3) is 5.57 Å². The van der Waals surface area contributed by atoms with E-state index in [0.717, 1.165) is 29.7 Å². The Bertz CT molecular complexity index is 732. The average Bonchev–Trinajstić information content (AvgIpc) is 2.72. The molecule has 0 bridgehead atoms. The first-order valence-electron chi connectivity index (χ1n) is 11.6. The van der Waals surface area contributed by atoms with Crippen LogP contribution in [0, 0.1) is 5.92 Å². The first-order chi connectivity index (χ1) is 14.1. The molecule has 1 aromatic rings. The molecule has 0 saturated carbocycles. The zero-order valence-electron chi connectivity index (χ0n) is 20.9. The molecule has 1 aromatic carbocycles. The topological polar surface area (TPSA) is 26.3 Å². The van der Waals surface area contributed by atoms with Crippen LogP contribution >= 0.6 is 10.3 Å². The van der Waals surface area contributed by atoms with Crippen LogP contribution in [-0.4, -0.2) is 21.5 Å². The van der Waals surface area contributed by atoms with Crippen molar-refractivity contribution in [1.29, 1.82) is 0 Å². The molecule has 2 nitrogen and oxygen atoms in total. The van der Waals surface area contributed by atoms with Gasteiger partial charge in [0, 0.05) is 33.7 Å². The summed E-state index contributed by atoms with van der Waals surface area (Å²) in [7, 11) is -1.20. The van der Waals surface area contributed by atoms with Gasteiger partial charge in [-0.25, -0.2) is 0 Å². The highest BCUT2D eigenvalue weighted by Gasteiger charge is 2.37. The minimum atomic E-state index is -1.20. The second kappa shape index (κ2) is 11.8. The van der Waals surface area contributed by atoms with Crippen LogP contribution in [0.15, 0.2) is 42.2 Å². The van der Waals surface area contributed by atoms with Gasteiger partial charge in [0.2, 0.25) is 0 Å². The van der Waals surface area contributed by atoms with E-state index < -0.39 is 10.3 Å². The van der Waals surface area contributed by atoms with Gasteiger partial charge in [0.1, 0.15) is 5.76 Å².